The molecule has 1 aromatic carbocycles. The average Bonchev–Trinajstić information content (AvgIpc) is 2.25. The van der Waals surface area contributed by atoms with E-state index in [4.69, 9.17) is 4.74 Å². The number of esters is 1. The van der Waals surface area contributed by atoms with Gasteiger partial charge in [0, 0.05) is 0 Å². The molecular formula is C11H12O3. The molecule has 0 saturated heterocycles. The molecule has 0 aliphatic rings. The Morgan fingerprint density at radius 3 is 2.86 bits per heavy atom. The van der Waals surface area contributed by atoms with Crippen LogP contribution >= 0.6 is 0 Å². The Hall–Kier alpha value is -1.77. The molecule has 0 bridgehead atoms. The molecule has 3 nitrogen and oxygen atoms in total. The van der Waals surface area contributed by atoms with E-state index in [1.54, 1.807) is 36.6 Å². The van der Waals surface area contributed by atoms with Crippen molar-refractivity contribution in [2.45, 2.75) is 6.92 Å². The van der Waals surface area contributed by atoms with Crippen LogP contribution in [-0.2, 0) is 4.74 Å². The minimum absolute atomic E-state index is 0.365. The van der Waals surface area contributed by atoms with Crippen molar-refractivity contribution in [3.05, 3.63) is 42.2 Å². The maximum atomic E-state index is 11.1. The highest BCUT2D eigenvalue weighted by Crippen LogP contribution is 2.14. The highest BCUT2D eigenvalue weighted by molar-refractivity contribution is 5.89. The number of hydrogen-bond donors (Lipinski definition) is 0. The topological polar surface area (TPSA) is 35.5 Å². The summed E-state index contributed by atoms with van der Waals surface area (Å²) >= 11 is 0. The van der Waals surface area contributed by atoms with Crippen LogP contribution < -0.4 is 4.74 Å². The van der Waals surface area contributed by atoms with E-state index in [1.807, 2.05) is 6.92 Å². The number of carbonyl (C=O) groups is 1. The zero-order chi connectivity index (χ0) is 10.4. The van der Waals surface area contributed by atoms with Gasteiger partial charge in [0.2, 0.25) is 0 Å². The summed E-state index contributed by atoms with van der Waals surface area (Å²) < 4.78 is 9.79. The van der Waals surface area contributed by atoms with E-state index < -0.39 is 0 Å². The molecule has 0 atom stereocenters. The first-order chi connectivity index (χ1) is 6.77. The smallest absolute Gasteiger partial charge is 0.337 e. The molecule has 0 fully saturated rings. The SMILES string of the molecule is C/C=C/Oc1cccc(C(=O)OC)c1. The molecule has 0 unspecified atom stereocenters. The molecule has 0 N–H and O–H groups in total. The molecule has 0 aliphatic heterocycles. The van der Waals surface area contributed by atoms with Gasteiger partial charge in [0.15, 0.2) is 0 Å². The number of allylic oxidation sites excluding steroid dienone is 1. The summed E-state index contributed by atoms with van der Waals surface area (Å²) in [5.41, 5.74) is 0.481. The van der Waals surface area contributed by atoms with Crippen LogP contribution in [0, 0.1) is 0 Å². The summed E-state index contributed by atoms with van der Waals surface area (Å²) in [6, 6.07) is 6.82. The van der Waals surface area contributed by atoms with Gasteiger partial charge in [0.05, 0.1) is 18.9 Å². The second-order valence-corrected chi connectivity index (χ2v) is 2.61. The minimum Gasteiger partial charge on any atom is -0.465 e. The summed E-state index contributed by atoms with van der Waals surface area (Å²) in [6.45, 7) is 1.85. The van der Waals surface area contributed by atoms with Crippen molar-refractivity contribution in [1.82, 2.24) is 0 Å². The van der Waals surface area contributed by atoms with Gasteiger partial charge in [-0.1, -0.05) is 12.1 Å². The van der Waals surface area contributed by atoms with Gasteiger partial charge in [-0.3, -0.25) is 0 Å². The van der Waals surface area contributed by atoms with Crippen LogP contribution in [0.1, 0.15) is 17.3 Å². The monoisotopic (exact) mass is 192 g/mol. The molecular weight excluding hydrogens is 180 g/mol. The third kappa shape index (κ3) is 2.62. The van der Waals surface area contributed by atoms with E-state index in [2.05, 4.69) is 4.74 Å². The van der Waals surface area contributed by atoms with Crippen LogP contribution in [0.15, 0.2) is 36.6 Å². The van der Waals surface area contributed by atoms with Gasteiger partial charge in [0.25, 0.3) is 0 Å². The van der Waals surface area contributed by atoms with Crippen LogP contribution in [0.25, 0.3) is 0 Å². The first kappa shape index (κ1) is 10.3. The quantitative estimate of drug-likeness (QED) is 0.545. The Kier molecular flexibility index (Phi) is 3.73. The lowest BCUT2D eigenvalue weighted by Gasteiger charge is -2.02. The van der Waals surface area contributed by atoms with Crippen molar-refractivity contribution in [3.8, 4) is 5.75 Å². The Bertz CT molecular complexity index is 342. The number of hydrogen-bond acceptors (Lipinski definition) is 3. The zero-order valence-electron chi connectivity index (χ0n) is 8.19. The molecule has 0 aromatic heterocycles. The summed E-state index contributed by atoms with van der Waals surface area (Å²) in [6.07, 6.45) is 3.32. The van der Waals surface area contributed by atoms with Crippen LogP contribution in [0.3, 0.4) is 0 Å². The molecule has 14 heavy (non-hydrogen) atoms. The van der Waals surface area contributed by atoms with Gasteiger partial charge < -0.3 is 9.47 Å². The second-order valence-electron chi connectivity index (χ2n) is 2.61. The molecule has 3 heteroatoms. The van der Waals surface area contributed by atoms with Crippen LogP contribution in [0.2, 0.25) is 0 Å². The number of carbonyl (C=O) groups excluding carboxylic acids is 1. The molecule has 1 rings (SSSR count). The van der Waals surface area contributed by atoms with E-state index >= 15 is 0 Å². The number of rotatable bonds is 3. The van der Waals surface area contributed by atoms with Crippen LogP contribution in [0.5, 0.6) is 5.75 Å². The normalized spacial score (nSPS) is 10.1. The molecule has 0 heterocycles. The van der Waals surface area contributed by atoms with Crippen molar-refractivity contribution in [3.63, 3.8) is 0 Å². The van der Waals surface area contributed by atoms with Crippen molar-refractivity contribution >= 4 is 5.97 Å². The zero-order valence-corrected chi connectivity index (χ0v) is 8.19. The Balaban J connectivity index is 2.83. The van der Waals surface area contributed by atoms with Gasteiger partial charge in [-0.05, 0) is 25.1 Å². The van der Waals surface area contributed by atoms with E-state index in [0.717, 1.165) is 0 Å². The average molecular weight is 192 g/mol. The lowest BCUT2D eigenvalue weighted by atomic mass is 10.2. The van der Waals surface area contributed by atoms with E-state index in [0.29, 0.717) is 11.3 Å². The van der Waals surface area contributed by atoms with Crippen molar-refractivity contribution < 1.29 is 14.3 Å². The van der Waals surface area contributed by atoms with Crippen molar-refractivity contribution in [2.75, 3.05) is 7.11 Å². The van der Waals surface area contributed by atoms with E-state index in [9.17, 15) is 4.79 Å². The third-order valence-corrected chi connectivity index (χ3v) is 1.60. The van der Waals surface area contributed by atoms with Crippen molar-refractivity contribution in [1.29, 1.82) is 0 Å². The summed E-state index contributed by atoms with van der Waals surface area (Å²) in [5.74, 6) is 0.252. The summed E-state index contributed by atoms with van der Waals surface area (Å²) in [7, 11) is 1.35. The lowest BCUT2D eigenvalue weighted by Crippen LogP contribution is -2.00. The molecule has 0 amide bonds. The van der Waals surface area contributed by atoms with Gasteiger partial charge in [-0.15, -0.1) is 0 Å². The van der Waals surface area contributed by atoms with Crippen LogP contribution in [0.4, 0.5) is 0 Å². The van der Waals surface area contributed by atoms with Crippen molar-refractivity contribution in [2.24, 2.45) is 0 Å². The van der Waals surface area contributed by atoms with Gasteiger partial charge in [-0.25, -0.2) is 4.79 Å². The number of methoxy groups -OCH3 is 1. The first-order valence-corrected chi connectivity index (χ1v) is 4.24. The highest BCUT2D eigenvalue weighted by atomic mass is 16.5. The largest absolute Gasteiger partial charge is 0.465 e. The minimum atomic E-state index is -0.365. The van der Waals surface area contributed by atoms with Gasteiger partial charge >= 0.3 is 5.97 Å². The number of benzene rings is 1. The lowest BCUT2D eigenvalue weighted by molar-refractivity contribution is 0.0600. The first-order valence-electron chi connectivity index (χ1n) is 4.24. The maximum absolute atomic E-state index is 11.1. The van der Waals surface area contributed by atoms with Crippen LogP contribution in [-0.4, -0.2) is 13.1 Å². The predicted octanol–water partition coefficient (Wildman–Crippen LogP) is 2.39. The highest BCUT2D eigenvalue weighted by Gasteiger charge is 2.05. The Morgan fingerprint density at radius 2 is 2.21 bits per heavy atom. The van der Waals surface area contributed by atoms with Gasteiger partial charge in [0.1, 0.15) is 5.75 Å². The second kappa shape index (κ2) is 5.07. The maximum Gasteiger partial charge on any atom is 0.337 e. The molecule has 1 aromatic rings. The van der Waals surface area contributed by atoms with E-state index in [-0.39, 0.29) is 5.97 Å². The number of ether oxygens (including phenoxy) is 2. The Morgan fingerprint density at radius 1 is 1.43 bits per heavy atom. The fourth-order valence-corrected chi connectivity index (χ4v) is 0.961. The van der Waals surface area contributed by atoms with E-state index in [1.165, 1.54) is 7.11 Å². The summed E-state index contributed by atoms with van der Waals surface area (Å²) in [5, 5.41) is 0. The Labute approximate surface area is 83.0 Å². The molecule has 0 saturated carbocycles. The molecule has 0 spiro atoms. The standard InChI is InChI=1S/C11H12O3/c1-3-7-14-10-6-4-5-9(8-10)11(12)13-2/h3-8H,1-2H3/b7-3+. The summed E-state index contributed by atoms with van der Waals surface area (Å²) in [4.78, 5) is 11.1. The molecule has 0 radical (unpaired) electrons. The molecule has 0 aliphatic carbocycles. The van der Waals surface area contributed by atoms with Gasteiger partial charge in [-0.2, -0.15) is 0 Å². The molecule has 74 valence electrons. The predicted molar refractivity (Wildman–Crippen MR) is 53.2 cm³/mol. The fourth-order valence-electron chi connectivity index (χ4n) is 0.961. The third-order valence-electron chi connectivity index (χ3n) is 1.60. The fraction of sp³-hybridized carbons (Fsp3) is 0.182.